The van der Waals surface area contributed by atoms with Crippen molar-refractivity contribution in [3.63, 3.8) is 0 Å². The van der Waals surface area contributed by atoms with Gasteiger partial charge in [0.25, 0.3) is 5.91 Å². The molecule has 1 aromatic rings. The molecule has 16 heavy (non-hydrogen) atoms. The molecule has 86 valence electrons. The SMILES string of the molecule is CNc1cnc(C(=O)N2CCCC2C)cn1. The average Bonchev–Trinajstić information content (AvgIpc) is 2.75. The van der Waals surface area contributed by atoms with Crippen LogP contribution in [0.2, 0.25) is 0 Å². The lowest BCUT2D eigenvalue weighted by molar-refractivity contribution is 0.0741. The molecule has 5 heteroatoms. The zero-order valence-corrected chi connectivity index (χ0v) is 9.60. The summed E-state index contributed by atoms with van der Waals surface area (Å²) in [7, 11) is 1.77. The van der Waals surface area contributed by atoms with E-state index in [0.29, 0.717) is 17.6 Å². The van der Waals surface area contributed by atoms with Crippen molar-refractivity contribution < 1.29 is 4.79 Å². The van der Waals surface area contributed by atoms with Gasteiger partial charge in [-0.2, -0.15) is 0 Å². The van der Waals surface area contributed by atoms with Crippen molar-refractivity contribution in [3.05, 3.63) is 18.1 Å². The minimum Gasteiger partial charge on any atom is -0.372 e. The van der Waals surface area contributed by atoms with E-state index in [1.165, 1.54) is 6.20 Å². The standard InChI is InChI=1S/C11H16N4O/c1-8-4-3-5-15(8)11(16)9-6-14-10(12-2)7-13-9/h6-8H,3-5H2,1-2H3,(H,12,14). The van der Waals surface area contributed by atoms with Gasteiger partial charge in [-0.1, -0.05) is 0 Å². The molecular weight excluding hydrogens is 204 g/mol. The first kappa shape index (κ1) is 10.9. The third kappa shape index (κ3) is 1.98. The maximum absolute atomic E-state index is 12.1. The quantitative estimate of drug-likeness (QED) is 0.812. The Kier molecular flexibility index (Phi) is 3.03. The van der Waals surface area contributed by atoms with Crippen LogP contribution >= 0.6 is 0 Å². The highest BCUT2D eigenvalue weighted by molar-refractivity contribution is 5.92. The summed E-state index contributed by atoms with van der Waals surface area (Å²) in [4.78, 5) is 22.1. The molecule has 1 aromatic heterocycles. The fraction of sp³-hybridized carbons (Fsp3) is 0.545. The molecule has 2 heterocycles. The molecule has 0 aromatic carbocycles. The van der Waals surface area contributed by atoms with Gasteiger partial charge in [0, 0.05) is 19.6 Å². The van der Waals surface area contributed by atoms with Gasteiger partial charge < -0.3 is 10.2 Å². The number of nitrogens with zero attached hydrogens (tertiary/aromatic N) is 3. The molecule has 1 N–H and O–H groups in total. The van der Waals surface area contributed by atoms with Gasteiger partial charge in [-0.15, -0.1) is 0 Å². The molecule has 0 bridgehead atoms. The maximum Gasteiger partial charge on any atom is 0.274 e. The fourth-order valence-electron chi connectivity index (χ4n) is 1.95. The molecular formula is C11H16N4O. The lowest BCUT2D eigenvalue weighted by Crippen LogP contribution is -2.34. The highest BCUT2D eigenvalue weighted by atomic mass is 16.2. The summed E-state index contributed by atoms with van der Waals surface area (Å²) in [6, 6.07) is 0.318. The van der Waals surface area contributed by atoms with Gasteiger partial charge in [-0.25, -0.2) is 9.97 Å². The van der Waals surface area contributed by atoms with E-state index in [4.69, 9.17) is 0 Å². The molecule has 5 nitrogen and oxygen atoms in total. The molecule has 0 aliphatic carbocycles. The third-order valence-electron chi connectivity index (χ3n) is 2.94. The first-order chi connectivity index (χ1) is 7.72. The Balaban J connectivity index is 2.14. The van der Waals surface area contributed by atoms with E-state index in [1.807, 2.05) is 4.90 Å². The Labute approximate surface area is 94.9 Å². The second kappa shape index (κ2) is 4.47. The zero-order valence-electron chi connectivity index (χ0n) is 9.60. The normalized spacial score (nSPS) is 19.9. The summed E-state index contributed by atoms with van der Waals surface area (Å²) in [5.41, 5.74) is 0.424. The van der Waals surface area contributed by atoms with Gasteiger partial charge in [-0.3, -0.25) is 4.79 Å². The Morgan fingerprint density at radius 3 is 2.81 bits per heavy atom. The molecule has 0 radical (unpaired) electrons. The molecule has 1 unspecified atom stereocenters. The van der Waals surface area contributed by atoms with Crippen LogP contribution in [0, 0.1) is 0 Å². The molecule has 1 fully saturated rings. The van der Waals surface area contributed by atoms with Crippen molar-refractivity contribution in [2.24, 2.45) is 0 Å². The van der Waals surface area contributed by atoms with E-state index in [-0.39, 0.29) is 5.91 Å². The molecule has 0 spiro atoms. The minimum absolute atomic E-state index is 0.0137. The van der Waals surface area contributed by atoms with Crippen LogP contribution in [-0.4, -0.2) is 40.4 Å². The number of hydrogen-bond donors (Lipinski definition) is 1. The van der Waals surface area contributed by atoms with Gasteiger partial charge in [0.1, 0.15) is 11.5 Å². The van der Waals surface area contributed by atoms with Crippen molar-refractivity contribution >= 4 is 11.7 Å². The van der Waals surface area contributed by atoms with Gasteiger partial charge in [-0.05, 0) is 19.8 Å². The number of likely N-dealkylation sites (tertiary alicyclic amines) is 1. The third-order valence-corrected chi connectivity index (χ3v) is 2.94. The van der Waals surface area contributed by atoms with E-state index in [1.54, 1.807) is 13.2 Å². The van der Waals surface area contributed by atoms with Crippen LogP contribution in [0.3, 0.4) is 0 Å². The number of amides is 1. The number of carbonyl (C=O) groups excluding carboxylic acids is 1. The first-order valence-corrected chi connectivity index (χ1v) is 5.53. The molecule has 2 rings (SSSR count). The zero-order chi connectivity index (χ0) is 11.5. The summed E-state index contributed by atoms with van der Waals surface area (Å²) in [5.74, 6) is 0.658. The highest BCUT2D eigenvalue weighted by Gasteiger charge is 2.26. The summed E-state index contributed by atoms with van der Waals surface area (Å²) in [6.07, 6.45) is 5.26. The Morgan fingerprint density at radius 2 is 2.31 bits per heavy atom. The lowest BCUT2D eigenvalue weighted by Gasteiger charge is -2.20. The maximum atomic E-state index is 12.1. The number of anilines is 1. The van der Waals surface area contributed by atoms with Crippen LogP contribution < -0.4 is 5.32 Å². The number of aromatic nitrogens is 2. The highest BCUT2D eigenvalue weighted by Crippen LogP contribution is 2.18. The number of nitrogens with one attached hydrogen (secondary N) is 1. The van der Waals surface area contributed by atoms with E-state index < -0.39 is 0 Å². The van der Waals surface area contributed by atoms with E-state index >= 15 is 0 Å². The monoisotopic (exact) mass is 220 g/mol. The summed E-state index contributed by atoms with van der Waals surface area (Å²) in [5, 5.41) is 2.87. The van der Waals surface area contributed by atoms with Crippen LogP contribution in [0.25, 0.3) is 0 Å². The van der Waals surface area contributed by atoms with Gasteiger partial charge >= 0.3 is 0 Å². The summed E-state index contributed by atoms with van der Waals surface area (Å²) < 4.78 is 0. The number of hydrogen-bond acceptors (Lipinski definition) is 4. The van der Waals surface area contributed by atoms with Crippen molar-refractivity contribution in [2.75, 3.05) is 18.9 Å². The lowest BCUT2D eigenvalue weighted by atomic mass is 10.2. The Bertz CT molecular complexity index is 376. The van der Waals surface area contributed by atoms with Crippen LogP contribution in [0.1, 0.15) is 30.3 Å². The van der Waals surface area contributed by atoms with E-state index in [0.717, 1.165) is 19.4 Å². The largest absolute Gasteiger partial charge is 0.372 e. The number of rotatable bonds is 2. The van der Waals surface area contributed by atoms with E-state index in [9.17, 15) is 4.79 Å². The van der Waals surface area contributed by atoms with Gasteiger partial charge in [0.2, 0.25) is 0 Å². The second-order valence-corrected chi connectivity index (χ2v) is 4.03. The van der Waals surface area contributed by atoms with Crippen LogP contribution in [0.4, 0.5) is 5.82 Å². The molecule has 1 saturated heterocycles. The predicted octanol–water partition coefficient (Wildman–Crippen LogP) is 1.14. The molecule has 1 atom stereocenters. The van der Waals surface area contributed by atoms with Crippen molar-refractivity contribution in [3.8, 4) is 0 Å². The van der Waals surface area contributed by atoms with Crippen LogP contribution in [0.5, 0.6) is 0 Å². The van der Waals surface area contributed by atoms with Gasteiger partial charge in [0.05, 0.1) is 12.4 Å². The number of carbonyl (C=O) groups is 1. The smallest absolute Gasteiger partial charge is 0.274 e. The summed E-state index contributed by atoms with van der Waals surface area (Å²) in [6.45, 7) is 2.90. The predicted molar refractivity (Wildman–Crippen MR) is 61.3 cm³/mol. The minimum atomic E-state index is -0.0137. The van der Waals surface area contributed by atoms with Crippen LogP contribution in [-0.2, 0) is 0 Å². The molecule has 1 aliphatic rings. The first-order valence-electron chi connectivity index (χ1n) is 5.53. The fourth-order valence-corrected chi connectivity index (χ4v) is 1.95. The van der Waals surface area contributed by atoms with Crippen molar-refractivity contribution in [2.45, 2.75) is 25.8 Å². The molecule has 1 aliphatic heterocycles. The molecule has 1 amide bonds. The van der Waals surface area contributed by atoms with Gasteiger partial charge in [0.15, 0.2) is 0 Å². The second-order valence-electron chi connectivity index (χ2n) is 4.03. The van der Waals surface area contributed by atoms with E-state index in [2.05, 4.69) is 22.2 Å². The molecule has 0 saturated carbocycles. The van der Waals surface area contributed by atoms with Crippen molar-refractivity contribution in [1.82, 2.24) is 14.9 Å². The van der Waals surface area contributed by atoms with Crippen molar-refractivity contribution in [1.29, 1.82) is 0 Å². The topological polar surface area (TPSA) is 58.1 Å². The Hall–Kier alpha value is -1.65. The van der Waals surface area contributed by atoms with Crippen LogP contribution in [0.15, 0.2) is 12.4 Å². The Morgan fingerprint density at radius 1 is 1.50 bits per heavy atom. The summed E-state index contributed by atoms with van der Waals surface area (Å²) >= 11 is 0. The average molecular weight is 220 g/mol.